The second-order valence-corrected chi connectivity index (χ2v) is 8.86. The van der Waals surface area contributed by atoms with Gasteiger partial charge in [0.05, 0.1) is 21.7 Å². The first-order valence-corrected chi connectivity index (χ1v) is 10.7. The van der Waals surface area contributed by atoms with Crippen LogP contribution in [0.25, 0.3) is 17.1 Å². The second kappa shape index (κ2) is 8.71. The number of nitrogens with zero attached hydrogens (tertiary/aromatic N) is 4. The molecule has 2 heterocycles. The van der Waals surface area contributed by atoms with Crippen LogP contribution in [0, 0.1) is 0 Å². The summed E-state index contributed by atoms with van der Waals surface area (Å²) in [5.41, 5.74) is -2.89. The van der Waals surface area contributed by atoms with Crippen LogP contribution in [0.15, 0.2) is 50.5 Å². The van der Waals surface area contributed by atoms with E-state index in [-0.39, 0.29) is 27.4 Å². The van der Waals surface area contributed by atoms with Crippen LogP contribution < -0.4 is 11.2 Å². The summed E-state index contributed by atoms with van der Waals surface area (Å²) in [5, 5.41) is 17.5. The average molecular weight is 523 g/mol. The van der Waals surface area contributed by atoms with Gasteiger partial charge in [0.2, 0.25) is 5.69 Å². The van der Waals surface area contributed by atoms with Gasteiger partial charge < -0.3 is 9.63 Å². The lowest BCUT2D eigenvalue weighted by molar-refractivity contribution is 0.0685. The molecule has 0 saturated heterocycles. The van der Waals surface area contributed by atoms with E-state index in [1.54, 1.807) is 38.1 Å². The molecular weight excluding hydrogens is 509 g/mol. The fourth-order valence-electron chi connectivity index (χ4n) is 3.33. The topological polar surface area (TPSA) is 144 Å². The van der Waals surface area contributed by atoms with E-state index in [4.69, 9.17) is 44.4 Å². The van der Waals surface area contributed by atoms with E-state index in [9.17, 15) is 14.4 Å². The quantitative estimate of drug-likeness (QED) is 0.401. The molecule has 4 rings (SSSR count). The molecule has 0 aliphatic rings. The number of nitrogens with one attached hydrogen (secondary N) is 1. The molecule has 2 aromatic heterocycles. The second-order valence-electron chi connectivity index (χ2n) is 7.64. The number of halogens is 3. The molecule has 10 nitrogen and oxygen atoms in total. The van der Waals surface area contributed by atoms with Crippen molar-refractivity contribution in [1.29, 1.82) is 0 Å². The summed E-state index contributed by atoms with van der Waals surface area (Å²) < 4.78 is 6.08. The summed E-state index contributed by atoms with van der Waals surface area (Å²) in [6, 6.07) is 9.71. The van der Waals surface area contributed by atoms with E-state index in [0.717, 1.165) is 0 Å². The van der Waals surface area contributed by atoms with Gasteiger partial charge in [-0.25, -0.2) is 9.59 Å². The normalized spacial score (nSPS) is 11.6. The van der Waals surface area contributed by atoms with Gasteiger partial charge in [-0.05, 0) is 38.1 Å². The van der Waals surface area contributed by atoms with Gasteiger partial charge in [-0.2, -0.15) is 14.8 Å². The maximum absolute atomic E-state index is 12.2. The molecule has 0 amide bonds. The molecule has 0 aliphatic carbocycles. The third kappa shape index (κ3) is 4.11. The zero-order valence-electron chi connectivity index (χ0n) is 17.5. The van der Waals surface area contributed by atoms with Crippen LogP contribution in [0.5, 0.6) is 0 Å². The Bertz CT molecular complexity index is 1530. The van der Waals surface area contributed by atoms with Crippen LogP contribution in [-0.2, 0) is 5.41 Å². The predicted octanol–water partition coefficient (Wildman–Crippen LogP) is 3.96. The van der Waals surface area contributed by atoms with Gasteiger partial charge in [0, 0.05) is 15.6 Å². The lowest BCUT2D eigenvalue weighted by Gasteiger charge is -2.24. The first-order chi connectivity index (χ1) is 16.0. The Morgan fingerprint density at radius 3 is 2.35 bits per heavy atom. The monoisotopic (exact) mass is 521 g/mol. The van der Waals surface area contributed by atoms with Gasteiger partial charge in [-0.3, -0.25) is 9.78 Å². The molecule has 0 saturated carbocycles. The number of hydrogen-bond acceptors (Lipinski definition) is 7. The zero-order chi connectivity index (χ0) is 24.8. The molecule has 13 heteroatoms. The van der Waals surface area contributed by atoms with Gasteiger partial charge in [0.15, 0.2) is 5.82 Å². The standard InChI is InChI=1S/C21H14Cl3N5O5/c1-21(2,19-26-17(34-28-19)10-5-3-4-6-11(10)22)14-12(23)7-9(8-13(14)24)29-20(33)25-16(30)15(27-29)18(31)32/h3-8H,1-2H3,(H,31,32)(H,25,30,33). The minimum Gasteiger partial charge on any atom is -0.476 e. The molecule has 0 aliphatic heterocycles. The predicted molar refractivity (Wildman–Crippen MR) is 124 cm³/mol. The smallest absolute Gasteiger partial charge is 0.362 e. The van der Waals surface area contributed by atoms with E-state index in [0.29, 0.717) is 20.8 Å². The van der Waals surface area contributed by atoms with E-state index in [2.05, 4.69) is 15.2 Å². The maximum atomic E-state index is 12.2. The van der Waals surface area contributed by atoms with Crippen LogP contribution in [0.3, 0.4) is 0 Å². The molecular formula is C21H14Cl3N5O5. The number of aromatic amines is 1. The number of carboxylic acid groups (broad SMARTS) is 1. The number of carboxylic acids is 1. The molecule has 0 spiro atoms. The first-order valence-electron chi connectivity index (χ1n) is 9.56. The van der Waals surface area contributed by atoms with Crippen molar-refractivity contribution in [2.24, 2.45) is 0 Å². The third-order valence-corrected chi connectivity index (χ3v) is 5.94. The van der Waals surface area contributed by atoms with Crippen molar-refractivity contribution in [1.82, 2.24) is 24.9 Å². The number of benzene rings is 2. The van der Waals surface area contributed by atoms with Gasteiger partial charge in [0.1, 0.15) is 0 Å². The fraction of sp³-hybridized carbons (Fsp3) is 0.143. The number of carbonyl (C=O) groups is 1. The molecule has 2 aromatic carbocycles. The Balaban J connectivity index is 1.80. The molecule has 0 atom stereocenters. The van der Waals surface area contributed by atoms with Crippen LogP contribution in [-0.4, -0.2) is 36.0 Å². The van der Waals surface area contributed by atoms with Crippen molar-refractivity contribution in [3.63, 3.8) is 0 Å². The lowest BCUT2D eigenvalue weighted by Crippen LogP contribution is -2.35. The van der Waals surface area contributed by atoms with Crippen molar-refractivity contribution in [2.45, 2.75) is 19.3 Å². The summed E-state index contributed by atoms with van der Waals surface area (Å²) in [6.07, 6.45) is 0. The van der Waals surface area contributed by atoms with Crippen molar-refractivity contribution in [2.75, 3.05) is 0 Å². The van der Waals surface area contributed by atoms with Gasteiger partial charge in [-0.1, -0.05) is 52.1 Å². The highest BCUT2D eigenvalue weighted by Gasteiger charge is 2.34. The number of hydrogen-bond donors (Lipinski definition) is 2. The lowest BCUT2D eigenvalue weighted by atomic mass is 9.83. The first kappa shape index (κ1) is 23.7. The Labute approximate surface area is 205 Å². The molecule has 174 valence electrons. The van der Waals surface area contributed by atoms with Crippen LogP contribution in [0.1, 0.15) is 35.7 Å². The third-order valence-electron chi connectivity index (χ3n) is 5.02. The van der Waals surface area contributed by atoms with Crippen molar-refractivity contribution >= 4 is 40.8 Å². The zero-order valence-corrected chi connectivity index (χ0v) is 19.7. The summed E-state index contributed by atoms with van der Waals surface area (Å²) in [5.74, 6) is -1.12. The highest BCUT2D eigenvalue weighted by molar-refractivity contribution is 6.36. The molecule has 34 heavy (non-hydrogen) atoms. The Kier molecular flexibility index (Phi) is 6.07. The number of aromatic nitrogens is 5. The Morgan fingerprint density at radius 2 is 1.74 bits per heavy atom. The maximum Gasteiger partial charge on any atom is 0.362 e. The molecule has 2 N–H and O–H groups in total. The number of aromatic carboxylic acids is 1. The van der Waals surface area contributed by atoms with E-state index in [1.165, 1.54) is 12.1 Å². The molecule has 0 radical (unpaired) electrons. The highest BCUT2D eigenvalue weighted by atomic mass is 35.5. The summed E-state index contributed by atoms with van der Waals surface area (Å²) >= 11 is 19.3. The van der Waals surface area contributed by atoms with E-state index < -0.39 is 28.3 Å². The SMILES string of the molecule is CC(C)(c1noc(-c2ccccc2Cl)n1)c1c(Cl)cc(-n2nc(C(=O)O)c(=O)[nH]c2=O)cc1Cl. The van der Waals surface area contributed by atoms with Crippen molar-refractivity contribution in [3.05, 3.63) is 89.4 Å². The van der Waals surface area contributed by atoms with Gasteiger partial charge >= 0.3 is 11.7 Å². The Hall–Kier alpha value is -3.47. The van der Waals surface area contributed by atoms with Crippen LogP contribution >= 0.6 is 34.8 Å². The molecule has 0 fully saturated rings. The van der Waals surface area contributed by atoms with Gasteiger partial charge in [0.25, 0.3) is 11.4 Å². The summed E-state index contributed by atoms with van der Waals surface area (Å²) in [4.78, 5) is 41.5. The highest BCUT2D eigenvalue weighted by Crippen LogP contribution is 2.41. The minimum atomic E-state index is -1.60. The van der Waals surface area contributed by atoms with Gasteiger partial charge in [-0.15, -0.1) is 0 Å². The average Bonchev–Trinajstić information content (AvgIpc) is 3.24. The van der Waals surface area contributed by atoms with E-state index >= 15 is 0 Å². The Morgan fingerprint density at radius 1 is 1.09 bits per heavy atom. The summed E-state index contributed by atoms with van der Waals surface area (Å²) in [6.45, 7) is 3.54. The number of rotatable bonds is 5. The van der Waals surface area contributed by atoms with Crippen molar-refractivity contribution in [3.8, 4) is 17.1 Å². The van der Waals surface area contributed by atoms with E-state index in [1.807, 2.05) is 4.98 Å². The largest absolute Gasteiger partial charge is 0.476 e. The van der Waals surface area contributed by atoms with Crippen molar-refractivity contribution < 1.29 is 14.4 Å². The molecule has 0 bridgehead atoms. The van der Waals surface area contributed by atoms with Crippen LogP contribution in [0.2, 0.25) is 15.1 Å². The van der Waals surface area contributed by atoms with Crippen LogP contribution in [0.4, 0.5) is 0 Å². The minimum absolute atomic E-state index is 0.0446. The fourth-order valence-corrected chi connectivity index (χ4v) is 4.49. The molecule has 4 aromatic rings. The molecule has 0 unspecified atom stereocenters. The number of H-pyrrole nitrogens is 1. The summed E-state index contributed by atoms with van der Waals surface area (Å²) in [7, 11) is 0.